The van der Waals surface area contributed by atoms with Gasteiger partial charge in [0.05, 0.1) is 89.5 Å². The van der Waals surface area contributed by atoms with Crippen molar-refractivity contribution in [2.45, 2.75) is 350 Å². The predicted molar refractivity (Wildman–Crippen MR) is 524 cm³/mol. The van der Waals surface area contributed by atoms with Crippen LogP contribution in [0.3, 0.4) is 0 Å². The lowest BCUT2D eigenvalue weighted by Gasteiger charge is -2.19. The van der Waals surface area contributed by atoms with Crippen LogP contribution in [0.5, 0.6) is 34.5 Å². The van der Waals surface area contributed by atoms with Crippen LogP contribution in [0, 0.1) is 33.8 Å². The summed E-state index contributed by atoms with van der Waals surface area (Å²) in [5, 5.41) is 12.1. The summed E-state index contributed by atoms with van der Waals surface area (Å²) in [5.74, 6) is 18.2. The summed E-state index contributed by atoms with van der Waals surface area (Å²) in [6.07, 6.45) is 65.2. The van der Waals surface area contributed by atoms with Gasteiger partial charge >= 0.3 is 0 Å². The first-order valence-corrected chi connectivity index (χ1v) is 49.4. The van der Waals surface area contributed by atoms with Gasteiger partial charge in [0.15, 0.2) is 23.0 Å². The van der Waals surface area contributed by atoms with Gasteiger partial charge in [-0.05, 0) is 159 Å². The molecular formula is C110H154N6O8. The van der Waals surface area contributed by atoms with E-state index in [9.17, 15) is 10.1 Å². The zero-order chi connectivity index (χ0) is 87.2. The fraction of sp³-hybridized carbons (Fsp3) is 0.564. The normalized spacial score (nSPS) is 11.5. The quantitative estimate of drug-likeness (QED) is 0.0162. The highest BCUT2D eigenvalue weighted by molar-refractivity contribution is 5.96. The molecule has 124 heavy (non-hydrogen) atoms. The van der Waals surface area contributed by atoms with E-state index in [4.69, 9.17) is 38.4 Å². The number of nitrogens with zero attached hydrogens (tertiary/aromatic N) is 4. The average molecular weight is 1690 g/mol. The summed E-state index contributed by atoms with van der Waals surface area (Å²) in [5.41, 5.74) is 12.9. The van der Waals surface area contributed by atoms with E-state index >= 15 is 0 Å². The molecule has 0 amide bonds. The maximum absolute atomic E-state index is 12.1. The molecule has 0 saturated heterocycles. The van der Waals surface area contributed by atoms with Crippen molar-refractivity contribution in [2.24, 2.45) is 0 Å². The largest absolute Gasteiger partial charge is 0.490 e. The molecule has 4 aromatic carbocycles. The molecule has 2 aliphatic rings. The minimum absolute atomic E-state index is 0.00750. The Morgan fingerprint density at radius 1 is 0.306 bits per heavy atom. The first-order chi connectivity index (χ1) is 61.0. The van der Waals surface area contributed by atoms with Crippen molar-refractivity contribution in [3.8, 4) is 80.4 Å². The Morgan fingerprint density at radius 2 is 0.556 bits per heavy atom. The highest BCUT2D eigenvalue weighted by atomic mass is 16.6. The van der Waals surface area contributed by atoms with Crippen molar-refractivity contribution in [1.82, 2.24) is 19.9 Å². The minimum atomic E-state index is -0.379. The molecule has 14 nitrogen and oxygen atoms in total. The molecule has 0 unspecified atom stereocenters. The van der Waals surface area contributed by atoms with E-state index in [1.54, 1.807) is 12.1 Å². The van der Waals surface area contributed by atoms with Crippen LogP contribution in [0.1, 0.15) is 395 Å². The third-order valence-corrected chi connectivity index (χ3v) is 24.0. The van der Waals surface area contributed by atoms with Gasteiger partial charge in [0.1, 0.15) is 0 Å². The highest BCUT2D eigenvalue weighted by Gasteiger charge is 2.25. The van der Waals surface area contributed by atoms with E-state index in [-0.39, 0.29) is 10.6 Å². The van der Waals surface area contributed by atoms with Crippen LogP contribution in [-0.4, -0.2) is 78.6 Å². The van der Waals surface area contributed by atoms with Crippen molar-refractivity contribution in [2.75, 3.05) is 58.6 Å². The molecule has 0 saturated carbocycles. The zero-order valence-electron chi connectivity index (χ0n) is 77.8. The number of aromatic nitrogens is 4. The van der Waals surface area contributed by atoms with Crippen molar-refractivity contribution in [3.63, 3.8) is 0 Å². The minimum Gasteiger partial charge on any atom is -0.490 e. The Kier molecular flexibility index (Phi) is 46.6. The second-order valence-electron chi connectivity index (χ2n) is 34.8. The number of rotatable bonds is 64. The van der Waals surface area contributed by atoms with Crippen LogP contribution in [0.2, 0.25) is 0 Å². The third kappa shape index (κ3) is 34.2. The number of non-ortho nitro benzene ring substituents is 1. The fourth-order valence-corrected chi connectivity index (χ4v) is 16.5. The van der Waals surface area contributed by atoms with Gasteiger partial charge < -0.3 is 43.3 Å². The maximum atomic E-state index is 12.1. The molecule has 0 spiro atoms. The lowest BCUT2D eigenvalue weighted by Crippen LogP contribution is -2.07. The summed E-state index contributed by atoms with van der Waals surface area (Å²) in [6.45, 7) is 16.9. The number of ether oxygens (including phenoxy) is 6. The van der Waals surface area contributed by atoms with Gasteiger partial charge in [-0.2, -0.15) is 0 Å². The van der Waals surface area contributed by atoms with Gasteiger partial charge in [0.2, 0.25) is 11.5 Å². The average Bonchev–Trinajstić information content (AvgIpc) is 1.58. The van der Waals surface area contributed by atoms with Gasteiger partial charge in [-0.1, -0.05) is 335 Å². The molecule has 2 aliphatic heterocycles. The number of nitro groups is 1. The number of fused-ring (bicyclic) bond motifs is 8. The van der Waals surface area contributed by atoms with Gasteiger partial charge in [0.25, 0.3) is 5.69 Å². The molecule has 0 aliphatic carbocycles. The topological polar surface area (TPSA) is 159 Å². The smallest absolute Gasteiger partial charge is 0.269 e. The van der Waals surface area contributed by atoms with Gasteiger partial charge in [0, 0.05) is 65.2 Å². The van der Waals surface area contributed by atoms with E-state index in [0.717, 1.165) is 127 Å². The summed E-state index contributed by atoms with van der Waals surface area (Å²) < 4.78 is 42.5. The molecule has 3 aromatic heterocycles. The van der Waals surface area contributed by atoms with Gasteiger partial charge in [-0.15, -0.1) is 0 Å². The van der Waals surface area contributed by atoms with Gasteiger partial charge in [-0.25, -0.2) is 9.97 Å². The van der Waals surface area contributed by atoms with Crippen LogP contribution in [-0.2, 0) is 0 Å². The third-order valence-electron chi connectivity index (χ3n) is 24.0. The van der Waals surface area contributed by atoms with Crippen molar-refractivity contribution < 1.29 is 33.3 Å². The van der Waals surface area contributed by atoms with Crippen LogP contribution in [0.4, 0.5) is 11.4 Å². The van der Waals surface area contributed by atoms with E-state index < -0.39 is 0 Å². The molecule has 14 heteroatoms. The Bertz CT molecular complexity index is 4420. The first kappa shape index (κ1) is 98.4. The molecule has 5 heterocycles. The standard InChI is InChI=1S/C110H154N6O8/c1-9-15-21-27-33-39-45-51-77-119-103-83-89(84-104(120-78-52-46-40-34-28-22-16-10-2)109(103)123-81-55-49-43-37-31-25-19-13-5)107-99-73-69-95(111-99)93(67-61-87-57-63-91(64-58-87)115(7)8)96-70-74-100(112-96)108(102-76-72-98(114-102)94(97-71-75-101(107)113-97)68-62-88-59-65-92(66-60-88)116(117)118)90-85-105(121-79-53-47-41-35-29-23-17-11-3)110(124-82-56-50-44-38-32-26-20-14-6)106(86-90)122-80-54-48-42-36-30-24-18-12-4/h57-60,63-66,69-76,83-86,111,114H,9-56,77-82H2,1-8H3. The van der Waals surface area contributed by atoms with E-state index in [0.29, 0.717) is 119 Å². The molecule has 7 aromatic rings. The van der Waals surface area contributed by atoms with E-state index in [2.05, 4.69) is 191 Å². The predicted octanol–water partition coefficient (Wildman–Crippen LogP) is 31.9. The number of H-pyrrole nitrogens is 2. The van der Waals surface area contributed by atoms with Crippen LogP contribution in [0.25, 0.3) is 68.6 Å². The number of nitro benzene ring substituents is 1. The maximum Gasteiger partial charge on any atom is 0.269 e. The second-order valence-corrected chi connectivity index (χ2v) is 34.8. The van der Waals surface area contributed by atoms with Crippen LogP contribution < -0.4 is 33.3 Å². The lowest BCUT2D eigenvalue weighted by molar-refractivity contribution is -0.384. The van der Waals surface area contributed by atoms with Crippen LogP contribution >= 0.6 is 0 Å². The summed E-state index contributed by atoms with van der Waals surface area (Å²) in [6, 6.07) is 31.9. The molecule has 9 rings (SSSR count). The van der Waals surface area contributed by atoms with Crippen LogP contribution in [0.15, 0.2) is 97.1 Å². The fourth-order valence-electron chi connectivity index (χ4n) is 16.5. The number of unbranched alkanes of at least 4 members (excludes halogenated alkanes) is 42. The van der Waals surface area contributed by atoms with Crippen molar-refractivity contribution >= 4 is 57.7 Å². The molecule has 0 radical (unpaired) electrons. The molecule has 0 atom stereocenters. The Balaban J connectivity index is 1.29. The molecular weight excluding hydrogens is 1530 g/mol. The van der Waals surface area contributed by atoms with Gasteiger partial charge in [-0.3, -0.25) is 10.1 Å². The zero-order valence-corrected chi connectivity index (χ0v) is 77.8. The lowest BCUT2D eigenvalue weighted by atomic mass is 10.0. The summed E-state index contributed by atoms with van der Waals surface area (Å²) >= 11 is 0. The van der Waals surface area contributed by atoms with Crippen molar-refractivity contribution in [1.29, 1.82) is 0 Å². The highest BCUT2D eigenvalue weighted by Crippen LogP contribution is 2.47. The molecule has 2 N–H and O–H groups in total. The second kappa shape index (κ2) is 58.7. The number of hydrogen-bond acceptors (Lipinski definition) is 11. The Hall–Kier alpha value is -9.40. The summed E-state index contributed by atoms with van der Waals surface area (Å²) in [7, 11) is 4.11. The summed E-state index contributed by atoms with van der Waals surface area (Å²) in [4.78, 5) is 33.2. The van der Waals surface area contributed by atoms with E-state index in [1.807, 2.05) is 0 Å². The Labute approximate surface area is 747 Å². The van der Waals surface area contributed by atoms with Crippen molar-refractivity contribution in [3.05, 3.63) is 152 Å². The molecule has 8 bridgehead atoms. The molecule has 672 valence electrons. The number of anilines is 1. The SMILES string of the molecule is CCCCCCCCCCOc1cc(-c2c3nc(c(C#Cc4ccc([N+](=O)[O-])cc4)c4ccc([nH]4)c(-c4cc(OCCCCCCCCCC)c(OCCCCCCCCCC)c(OCCCCCCCCCC)c4)c4nc(c(C#Cc5ccc(N(C)C)cc5)c5ccc2[nH]5)C=C4)C=C3)cc(OCCCCCCCCCC)c1OCCCCCCCCCC. The van der Waals surface area contributed by atoms with E-state index in [1.165, 1.54) is 243 Å². The monoisotopic (exact) mass is 1690 g/mol. The number of benzene rings is 4. The number of aromatic amines is 2. The molecule has 0 fully saturated rings. The number of hydrogen-bond donors (Lipinski definition) is 2. The Morgan fingerprint density at radius 3 is 0.831 bits per heavy atom. The number of nitrogens with one attached hydrogen (secondary N) is 2. The first-order valence-electron chi connectivity index (χ1n) is 49.4.